The zero-order valence-electron chi connectivity index (χ0n) is 20.7. The maximum atomic E-state index is 13.7. The van der Waals surface area contributed by atoms with Crippen LogP contribution in [0.3, 0.4) is 0 Å². The van der Waals surface area contributed by atoms with Crippen LogP contribution in [0.5, 0.6) is 0 Å². The Balaban J connectivity index is 2.02. The Hall–Kier alpha value is -3.17. The Bertz CT molecular complexity index is 1330. The van der Waals surface area contributed by atoms with Crippen LogP contribution < -0.4 is 9.62 Å². The Morgan fingerprint density at radius 1 is 0.944 bits per heavy atom. The summed E-state index contributed by atoms with van der Waals surface area (Å²) in [5.41, 5.74) is 3.16. The first-order valence-corrected chi connectivity index (χ1v) is 13.7. The van der Waals surface area contributed by atoms with Crippen LogP contribution in [0.2, 0.25) is 0 Å². The van der Waals surface area contributed by atoms with Gasteiger partial charge in [-0.05, 0) is 56.7 Å². The van der Waals surface area contributed by atoms with Crippen LogP contribution in [0.1, 0.15) is 23.6 Å². The van der Waals surface area contributed by atoms with Crippen LogP contribution in [0, 0.1) is 13.8 Å². The molecule has 3 aromatic rings. The molecule has 0 saturated heterocycles. The van der Waals surface area contributed by atoms with E-state index in [1.807, 2.05) is 38.1 Å². The number of likely N-dealkylation sites (N-methyl/N-ethyl adjacent to an activating group) is 1. The van der Waals surface area contributed by atoms with Gasteiger partial charge in [-0.15, -0.1) is 0 Å². The molecule has 0 aliphatic rings. The molecule has 0 radical (unpaired) electrons. The number of anilines is 1. The van der Waals surface area contributed by atoms with E-state index in [1.54, 1.807) is 43.3 Å². The molecule has 0 aliphatic carbocycles. The smallest absolute Gasteiger partial charge is 0.264 e. The molecule has 0 aromatic heterocycles. The fraction of sp³-hybridized carbons (Fsp3) is 0.259. The van der Waals surface area contributed by atoms with E-state index >= 15 is 0 Å². The third-order valence-corrected chi connectivity index (χ3v) is 8.15. The topological polar surface area (TPSA) is 86.8 Å². The van der Waals surface area contributed by atoms with E-state index < -0.39 is 28.5 Å². The molecule has 3 aromatic carbocycles. The van der Waals surface area contributed by atoms with Gasteiger partial charge in [-0.3, -0.25) is 13.9 Å². The van der Waals surface area contributed by atoms with Crippen molar-refractivity contribution in [2.24, 2.45) is 0 Å². The van der Waals surface area contributed by atoms with Crippen molar-refractivity contribution in [3.8, 4) is 0 Å². The lowest BCUT2D eigenvalue weighted by Crippen LogP contribution is -2.50. The third kappa shape index (κ3) is 6.53. The number of rotatable bonds is 9. The molecule has 2 amide bonds. The summed E-state index contributed by atoms with van der Waals surface area (Å²) in [7, 11) is -2.58. The van der Waals surface area contributed by atoms with Crippen molar-refractivity contribution in [2.75, 3.05) is 17.9 Å². The summed E-state index contributed by atoms with van der Waals surface area (Å²) < 4.78 is 29.2. The molecule has 0 spiro atoms. The Kier molecular flexibility index (Phi) is 8.92. The van der Waals surface area contributed by atoms with Gasteiger partial charge in [-0.1, -0.05) is 69.5 Å². The van der Waals surface area contributed by atoms with E-state index in [2.05, 4.69) is 21.2 Å². The van der Waals surface area contributed by atoms with Crippen LogP contribution in [-0.4, -0.2) is 44.8 Å². The van der Waals surface area contributed by atoms with Gasteiger partial charge in [-0.25, -0.2) is 8.42 Å². The van der Waals surface area contributed by atoms with Gasteiger partial charge in [0, 0.05) is 18.1 Å². The van der Waals surface area contributed by atoms with Crippen LogP contribution in [0.4, 0.5) is 5.69 Å². The minimum atomic E-state index is -4.08. The second-order valence-corrected chi connectivity index (χ2v) is 11.4. The molecular formula is C27H30BrN3O4S. The molecule has 3 rings (SSSR count). The third-order valence-electron chi connectivity index (χ3n) is 5.87. The first kappa shape index (κ1) is 27.4. The van der Waals surface area contributed by atoms with E-state index in [1.165, 1.54) is 24.1 Å². The average Bonchev–Trinajstić information content (AvgIpc) is 2.86. The van der Waals surface area contributed by atoms with E-state index in [9.17, 15) is 18.0 Å². The quantitative estimate of drug-likeness (QED) is 0.411. The number of amides is 2. The van der Waals surface area contributed by atoms with Crippen molar-refractivity contribution in [3.05, 3.63) is 94.0 Å². The number of carbonyl (C=O) groups is 2. The molecular weight excluding hydrogens is 542 g/mol. The minimum absolute atomic E-state index is 0.0744. The van der Waals surface area contributed by atoms with Crippen molar-refractivity contribution in [3.63, 3.8) is 0 Å². The summed E-state index contributed by atoms with van der Waals surface area (Å²) in [6.45, 7) is 5.15. The summed E-state index contributed by atoms with van der Waals surface area (Å²) in [6.07, 6.45) is 0. The van der Waals surface area contributed by atoms with Gasteiger partial charge in [0.25, 0.3) is 10.0 Å². The minimum Gasteiger partial charge on any atom is -0.357 e. The lowest BCUT2D eigenvalue weighted by Gasteiger charge is -2.31. The highest BCUT2D eigenvalue weighted by Gasteiger charge is 2.32. The molecule has 7 nitrogen and oxygen atoms in total. The van der Waals surface area contributed by atoms with Crippen LogP contribution in [-0.2, 0) is 26.2 Å². The SMILES string of the molecule is CNC(=O)[C@H](C)N(Cc1ccc(C)cc1)C(=O)CN(c1cccc(Br)c1)S(=O)(=O)c1ccc(C)cc1. The largest absolute Gasteiger partial charge is 0.357 e. The molecule has 1 atom stereocenters. The Labute approximate surface area is 221 Å². The molecule has 0 fully saturated rings. The second kappa shape index (κ2) is 11.7. The Morgan fingerprint density at radius 3 is 2.08 bits per heavy atom. The second-order valence-electron chi connectivity index (χ2n) is 8.60. The van der Waals surface area contributed by atoms with E-state index in [-0.39, 0.29) is 17.3 Å². The Morgan fingerprint density at radius 2 is 1.53 bits per heavy atom. The zero-order valence-corrected chi connectivity index (χ0v) is 23.1. The lowest BCUT2D eigenvalue weighted by atomic mass is 10.1. The highest BCUT2D eigenvalue weighted by atomic mass is 79.9. The zero-order chi connectivity index (χ0) is 26.5. The van der Waals surface area contributed by atoms with Crippen molar-refractivity contribution < 1.29 is 18.0 Å². The van der Waals surface area contributed by atoms with Crippen LogP contribution in [0.15, 0.2) is 82.2 Å². The number of halogens is 1. The van der Waals surface area contributed by atoms with Crippen molar-refractivity contribution >= 4 is 43.5 Å². The van der Waals surface area contributed by atoms with Crippen LogP contribution >= 0.6 is 15.9 Å². The fourth-order valence-electron chi connectivity index (χ4n) is 3.68. The molecule has 0 heterocycles. The van der Waals surface area contributed by atoms with E-state index in [0.29, 0.717) is 10.2 Å². The number of benzene rings is 3. The number of sulfonamides is 1. The van der Waals surface area contributed by atoms with E-state index in [4.69, 9.17) is 0 Å². The highest BCUT2D eigenvalue weighted by molar-refractivity contribution is 9.10. The predicted molar refractivity (Wildman–Crippen MR) is 145 cm³/mol. The number of nitrogens with one attached hydrogen (secondary N) is 1. The molecule has 0 saturated carbocycles. The molecule has 36 heavy (non-hydrogen) atoms. The number of aryl methyl sites for hydroxylation is 2. The summed E-state index contributed by atoms with van der Waals surface area (Å²) >= 11 is 3.39. The maximum Gasteiger partial charge on any atom is 0.264 e. The number of nitrogens with zero attached hydrogens (tertiary/aromatic N) is 2. The number of hydrogen-bond acceptors (Lipinski definition) is 4. The molecule has 1 N–H and O–H groups in total. The van der Waals surface area contributed by atoms with Crippen LogP contribution in [0.25, 0.3) is 0 Å². The van der Waals surface area contributed by atoms with Crippen molar-refractivity contribution in [1.29, 1.82) is 0 Å². The molecule has 0 aliphatic heterocycles. The molecule has 0 unspecified atom stereocenters. The van der Waals surface area contributed by atoms with Gasteiger partial charge < -0.3 is 10.2 Å². The summed E-state index contributed by atoms with van der Waals surface area (Å²) in [6, 6.07) is 20.1. The van der Waals surface area contributed by atoms with Gasteiger partial charge in [-0.2, -0.15) is 0 Å². The normalized spacial score (nSPS) is 12.0. The van der Waals surface area contributed by atoms with Crippen molar-refractivity contribution in [2.45, 2.75) is 38.3 Å². The summed E-state index contributed by atoms with van der Waals surface area (Å²) in [5, 5.41) is 2.58. The summed E-state index contributed by atoms with van der Waals surface area (Å²) in [5.74, 6) is -0.840. The van der Waals surface area contributed by atoms with E-state index in [0.717, 1.165) is 21.0 Å². The first-order valence-electron chi connectivity index (χ1n) is 11.4. The van der Waals surface area contributed by atoms with Gasteiger partial charge >= 0.3 is 0 Å². The molecule has 190 valence electrons. The molecule has 9 heteroatoms. The standard InChI is InChI=1S/C27H30BrN3O4S/c1-19-8-12-22(13-9-19)17-30(21(3)27(33)29-4)26(32)18-31(24-7-5-6-23(28)16-24)36(34,35)25-14-10-20(2)11-15-25/h5-16,21H,17-18H2,1-4H3,(H,29,33)/t21-/m0/s1. The molecule has 0 bridgehead atoms. The predicted octanol–water partition coefficient (Wildman–Crippen LogP) is 4.42. The fourth-order valence-corrected chi connectivity index (χ4v) is 5.47. The van der Waals surface area contributed by atoms with Gasteiger partial charge in [0.05, 0.1) is 10.6 Å². The lowest BCUT2D eigenvalue weighted by molar-refractivity contribution is -0.139. The maximum absolute atomic E-state index is 13.7. The van der Waals surface area contributed by atoms with Gasteiger partial charge in [0.1, 0.15) is 12.6 Å². The average molecular weight is 573 g/mol. The number of hydrogen-bond donors (Lipinski definition) is 1. The van der Waals surface area contributed by atoms with Gasteiger partial charge in [0.2, 0.25) is 11.8 Å². The first-order chi connectivity index (χ1) is 17.0. The number of carbonyl (C=O) groups excluding carboxylic acids is 2. The van der Waals surface area contributed by atoms with Gasteiger partial charge in [0.15, 0.2) is 0 Å². The highest BCUT2D eigenvalue weighted by Crippen LogP contribution is 2.27. The monoisotopic (exact) mass is 571 g/mol. The van der Waals surface area contributed by atoms with Crippen molar-refractivity contribution in [1.82, 2.24) is 10.2 Å². The summed E-state index contributed by atoms with van der Waals surface area (Å²) in [4.78, 5) is 27.7.